The number of methoxy groups -OCH3 is 1. The second-order valence-corrected chi connectivity index (χ2v) is 5.83. The van der Waals surface area contributed by atoms with Crippen molar-refractivity contribution in [1.29, 1.82) is 0 Å². The lowest BCUT2D eigenvalue weighted by molar-refractivity contribution is -0.134. The van der Waals surface area contributed by atoms with Crippen molar-refractivity contribution in [2.24, 2.45) is 0 Å². The molecule has 22 heavy (non-hydrogen) atoms. The van der Waals surface area contributed by atoms with Crippen molar-refractivity contribution in [2.45, 2.75) is 31.2 Å². The van der Waals surface area contributed by atoms with Crippen LogP contribution in [0.25, 0.3) is 0 Å². The summed E-state index contributed by atoms with van der Waals surface area (Å²) in [5.74, 6) is 0.935. The molecule has 1 aromatic carbocycles. The Morgan fingerprint density at radius 3 is 2.50 bits per heavy atom. The Bertz CT molecular complexity index is 645. The van der Waals surface area contributed by atoms with Crippen molar-refractivity contribution < 1.29 is 14.1 Å². The van der Waals surface area contributed by atoms with Crippen LogP contribution < -0.4 is 4.74 Å². The molecule has 0 unspecified atom stereocenters. The van der Waals surface area contributed by atoms with E-state index in [1.165, 1.54) is 6.26 Å². The van der Waals surface area contributed by atoms with Crippen LogP contribution >= 0.6 is 0 Å². The molecule has 0 N–H and O–H groups in total. The van der Waals surface area contributed by atoms with Gasteiger partial charge in [-0.05, 0) is 37.5 Å². The van der Waals surface area contributed by atoms with E-state index in [-0.39, 0.29) is 17.4 Å². The first-order chi connectivity index (χ1) is 10.6. The van der Waals surface area contributed by atoms with Gasteiger partial charge in [-0.3, -0.25) is 4.79 Å². The zero-order chi connectivity index (χ0) is 15.7. The largest absolute Gasteiger partial charge is 0.497 e. The Hall–Kier alpha value is -2.30. The maximum absolute atomic E-state index is 13.0. The van der Waals surface area contributed by atoms with Gasteiger partial charge in [0.1, 0.15) is 17.7 Å². The quantitative estimate of drug-likeness (QED) is 0.852. The molecule has 2 aromatic rings. The lowest BCUT2D eigenvalue weighted by atomic mass is 9.93. The molecule has 1 fully saturated rings. The highest BCUT2D eigenvalue weighted by Crippen LogP contribution is 2.50. The average molecular weight is 300 g/mol. The first kappa shape index (κ1) is 14.6. The summed E-state index contributed by atoms with van der Waals surface area (Å²) >= 11 is 0. The normalized spacial score (nSPS) is 16.9. The van der Waals surface area contributed by atoms with E-state index in [2.05, 4.69) is 5.16 Å². The number of ether oxygens (including phenoxy) is 1. The Labute approximate surface area is 129 Å². The molecule has 0 saturated heterocycles. The zero-order valence-electron chi connectivity index (χ0n) is 13.1. The van der Waals surface area contributed by atoms with Gasteiger partial charge in [0.15, 0.2) is 0 Å². The van der Waals surface area contributed by atoms with Crippen molar-refractivity contribution in [3.63, 3.8) is 0 Å². The van der Waals surface area contributed by atoms with Gasteiger partial charge in [0.05, 0.1) is 18.6 Å². The van der Waals surface area contributed by atoms with E-state index < -0.39 is 0 Å². The Morgan fingerprint density at radius 2 is 2.00 bits per heavy atom. The fourth-order valence-electron chi connectivity index (χ4n) is 2.81. The maximum atomic E-state index is 13.0. The third-order valence-corrected chi connectivity index (χ3v) is 4.59. The number of hydrogen-bond donors (Lipinski definition) is 0. The standard InChI is InChI=1S/C17H20N2O3/c1-12(15-8-11-22-18-15)19(2)16(20)17(9-10-17)13-4-6-14(21-3)7-5-13/h4-8,11-12H,9-10H2,1-3H3/t12-/m1/s1. The molecule has 0 aliphatic heterocycles. The number of likely N-dealkylation sites (N-methyl/N-ethyl adjacent to an activating group) is 1. The van der Waals surface area contributed by atoms with Crippen LogP contribution in [0.15, 0.2) is 41.1 Å². The molecule has 1 amide bonds. The number of carbonyl (C=O) groups excluding carboxylic acids is 1. The highest BCUT2D eigenvalue weighted by Gasteiger charge is 2.53. The number of carbonyl (C=O) groups is 1. The minimum Gasteiger partial charge on any atom is -0.497 e. The first-order valence-corrected chi connectivity index (χ1v) is 7.40. The third kappa shape index (κ3) is 2.36. The van der Waals surface area contributed by atoms with Crippen molar-refractivity contribution in [3.05, 3.63) is 47.9 Å². The van der Waals surface area contributed by atoms with Crippen LogP contribution in [-0.2, 0) is 10.2 Å². The van der Waals surface area contributed by atoms with Crippen LogP contribution in [0, 0.1) is 0 Å². The van der Waals surface area contributed by atoms with Crippen LogP contribution in [0.3, 0.4) is 0 Å². The summed E-state index contributed by atoms with van der Waals surface area (Å²) in [6, 6.07) is 9.47. The maximum Gasteiger partial charge on any atom is 0.233 e. The first-order valence-electron chi connectivity index (χ1n) is 7.40. The molecule has 1 aliphatic rings. The van der Waals surface area contributed by atoms with Crippen LogP contribution in [-0.4, -0.2) is 30.1 Å². The smallest absolute Gasteiger partial charge is 0.233 e. The molecule has 1 heterocycles. The van der Waals surface area contributed by atoms with E-state index >= 15 is 0 Å². The van der Waals surface area contributed by atoms with E-state index in [1.54, 1.807) is 18.1 Å². The van der Waals surface area contributed by atoms with Gasteiger partial charge >= 0.3 is 0 Å². The molecule has 5 heteroatoms. The van der Waals surface area contributed by atoms with E-state index in [9.17, 15) is 4.79 Å². The van der Waals surface area contributed by atoms with Crippen LogP contribution in [0.4, 0.5) is 0 Å². The van der Waals surface area contributed by atoms with Crippen LogP contribution in [0.5, 0.6) is 5.75 Å². The summed E-state index contributed by atoms with van der Waals surface area (Å²) in [5.41, 5.74) is 1.43. The Balaban J connectivity index is 1.81. The summed E-state index contributed by atoms with van der Waals surface area (Å²) in [4.78, 5) is 14.7. The highest BCUT2D eigenvalue weighted by atomic mass is 16.5. The van der Waals surface area contributed by atoms with Gasteiger partial charge in [-0.25, -0.2) is 0 Å². The van der Waals surface area contributed by atoms with Gasteiger partial charge in [-0.2, -0.15) is 0 Å². The van der Waals surface area contributed by atoms with E-state index in [1.807, 2.05) is 38.2 Å². The van der Waals surface area contributed by atoms with Crippen molar-refractivity contribution in [2.75, 3.05) is 14.2 Å². The predicted octanol–water partition coefficient (Wildman–Crippen LogP) is 2.93. The van der Waals surface area contributed by atoms with E-state index in [4.69, 9.17) is 9.26 Å². The molecule has 0 bridgehead atoms. The number of rotatable bonds is 5. The van der Waals surface area contributed by atoms with Gasteiger partial charge in [-0.1, -0.05) is 17.3 Å². The molecule has 1 aromatic heterocycles. The number of amides is 1. The minimum atomic E-state index is -0.390. The Kier molecular flexibility index (Phi) is 3.64. The summed E-state index contributed by atoms with van der Waals surface area (Å²) in [6.07, 6.45) is 3.29. The molecule has 1 saturated carbocycles. The fourth-order valence-corrected chi connectivity index (χ4v) is 2.81. The minimum absolute atomic E-state index is 0.109. The number of nitrogens with zero attached hydrogens (tertiary/aromatic N) is 2. The number of benzene rings is 1. The lowest BCUT2D eigenvalue weighted by Gasteiger charge is -2.28. The number of hydrogen-bond acceptors (Lipinski definition) is 4. The van der Waals surface area contributed by atoms with Gasteiger partial charge in [-0.15, -0.1) is 0 Å². The van der Waals surface area contributed by atoms with Gasteiger partial charge in [0.25, 0.3) is 0 Å². The zero-order valence-corrected chi connectivity index (χ0v) is 13.1. The Morgan fingerprint density at radius 1 is 1.32 bits per heavy atom. The monoisotopic (exact) mass is 300 g/mol. The van der Waals surface area contributed by atoms with Crippen molar-refractivity contribution in [3.8, 4) is 5.75 Å². The SMILES string of the molecule is COc1ccc(C2(C(=O)N(C)[C@H](C)c3ccon3)CC2)cc1. The predicted molar refractivity (Wildman–Crippen MR) is 81.6 cm³/mol. The van der Waals surface area contributed by atoms with Gasteiger partial charge < -0.3 is 14.2 Å². The second kappa shape index (κ2) is 5.48. The highest BCUT2D eigenvalue weighted by molar-refractivity contribution is 5.91. The number of aromatic nitrogens is 1. The van der Waals surface area contributed by atoms with Gasteiger partial charge in [0, 0.05) is 13.1 Å². The van der Waals surface area contributed by atoms with Crippen molar-refractivity contribution >= 4 is 5.91 Å². The fraction of sp³-hybridized carbons (Fsp3) is 0.412. The third-order valence-electron chi connectivity index (χ3n) is 4.59. The topological polar surface area (TPSA) is 55.6 Å². The van der Waals surface area contributed by atoms with E-state index in [0.717, 1.165) is 29.8 Å². The molecule has 0 radical (unpaired) electrons. The molecule has 116 valence electrons. The molecule has 0 spiro atoms. The van der Waals surface area contributed by atoms with Crippen molar-refractivity contribution in [1.82, 2.24) is 10.1 Å². The van der Waals surface area contributed by atoms with Crippen LogP contribution in [0.2, 0.25) is 0 Å². The summed E-state index contributed by atoms with van der Waals surface area (Å²) < 4.78 is 10.1. The molecule has 3 rings (SSSR count). The molecular weight excluding hydrogens is 280 g/mol. The molecule has 1 aliphatic carbocycles. The van der Waals surface area contributed by atoms with E-state index in [0.29, 0.717) is 0 Å². The summed E-state index contributed by atoms with van der Waals surface area (Å²) in [7, 11) is 3.46. The lowest BCUT2D eigenvalue weighted by Crippen LogP contribution is -2.38. The summed E-state index contributed by atoms with van der Waals surface area (Å²) in [6.45, 7) is 1.96. The summed E-state index contributed by atoms with van der Waals surface area (Å²) in [5, 5.41) is 3.93. The molecule has 5 nitrogen and oxygen atoms in total. The molecule has 1 atom stereocenters. The second-order valence-electron chi connectivity index (χ2n) is 5.83. The average Bonchev–Trinajstić information content (AvgIpc) is 3.19. The molecular formula is C17H20N2O3. The van der Waals surface area contributed by atoms with Gasteiger partial charge in [0.2, 0.25) is 5.91 Å². The van der Waals surface area contributed by atoms with Crippen LogP contribution in [0.1, 0.15) is 37.1 Å².